The zero-order valence-corrected chi connectivity index (χ0v) is 19.5. The van der Waals surface area contributed by atoms with Gasteiger partial charge in [0.15, 0.2) is 0 Å². The zero-order chi connectivity index (χ0) is 23.3. The van der Waals surface area contributed by atoms with Gasteiger partial charge in [0.05, 0.1) is 10.9 Å². The monoisotopic (exact) mass is 452 g/mol. The quantitative estimate of drug-likeness (QED) is 0.552. The molecule has 1 N–H and O–H groups in total. The van der Waals surface area contributed by atoms with Crippen LogP contribution in [-0.4, -0.2) is 32.7 Å². The Labute approximate surface area is 189 Å². The maximum absolute atomic E-state index is 12.7. The van der Waals surface area contributed by atoms with Crippen molar-refractivity contribution in [1.82, 2.24) is 9.62 Å². The number of ether oxygens (including phenoxy) is 1. The lowest BCUT2D eigenvalue weighted by molar-refractivity contribution is 0.0939. The van der Waals surface area contributed by atoms with Crippen molar-refractivity contribution in [2.24, 2.45) is 0 Å². The van der Waals surface area contributed by atoms with E-state index < -0.39 is 10.0 Å². The molecule has 1 unspecified atom stereocenters. The van der Waals surface area contributed by atoms with Crippen LogP contribution in [0.1, 0.15) is 40.0 Å². The molecule has 0 aliphatic rings. The van der Waals surface area contributed by atoms with E-state index in [0.717, 1.165) is 11.1 Å². The van der Waals surface area contributed by atoms with E-state index in [1.165, 1.54) is 24.0 Å². The van der Waals surface area contributed by atoms with Crippen LogP contribution in [0.2, 0.25) is 0 Å². The molecular formula is C25H28N2O4S. The lowest BCUT2D eigenvalue weighted by Gasteiger charge is -2.16. The summed E-state index contributed by atoms with van der Waals surface area (Å²) in [5, 5.41) is 2.95. The summed E-state index contributed by atoms with van der Waals surface area (Å²) in [5.74, 6) is 0.383. The minimum absolute atomic E-state index is 0.211. The Morgan fingerprint density at radius 2 is 1.69 bits per heavy atom. The van der Waals surface area contributed by atoms with Gasteiger partial charge in [-0.1, -0.05) is 48.0 Å². The van der Waals surface area contributed by atoms with Crippen molar-refractivity contribution >= 4 is 15.9 Å². The molecule has 6 nitrogen and oxygen atoms in total. The van der Waals surface area contributed by atoms with Gasteiger partial charge in [0.25, 0.3) is 5.91 Å². The van der Waals surface area contributed by atoms with Crippen LogP contribution in [0.5, 0.6) is 5.75 Å². The highest BCUT2D eigenvalue weighted by molar-refractivity contribution is 7.89. The van der Waals surface area contributed by atoms with E-state index in [9.17, 15) is 13.2 Å². The number of hydrogen-bond acceptors (Lipinski definition) is 4. The molecule has 0 heterocycles. The van der Waals surface area contributed by atoms with Crippen molar-refractivity contribution in [3.63, 3.8) is 0 Å². The molecule has 168 valence electrons. The molecule has 3 aromatic rings. The van der Waals surface area contributed by atoms with Gasteiger partial charge < -0.3 is 10.1 Å². The van der Waals surface area contributed by atoms with Crippen LogP contribution >= 0.6 is 0 Å². The summed E-state index contributed by atoms with van der Waals surface area (Å²) in [6, 6.07) is 21.4. The average Bonchev–Trinajstić information content (AvgIpc) is 2.78. The number of carbonyl (C=O) groups excluding carboxylic acids is 1. The third-order valence-corrected chi connectivity index (χ3v) is 6.92. The molecule has 3 aromatic carbocycles. The van der Waals surface area contributed by atoms with Crippen LogP contribution in [0.15, 0.2) is 77.7 Å². The van der Waals surface area contributed by atoms with Crippen LogP contribution in [0.4, 0.5) is 0 Å². The third-order valence-electron chi connectivity index (χ3n) is 5.09. The maximum atomic E-state index is 12.7. The van der Waals surface area contributed by atoms with Crippen LogP contribution in [-0.2, 0) is 16.6 Å². The number of benzene rings is 3. The summed E-state index contributed by atoms with van der Waals surface area (Å²) in [6.07, 6.45) is 0. The highest BCUT2D eigenvalue weighted by Crippen LogP contribution is 2.20. The predicted octanol–water partition coefficient (Wildman–Crippen LogP) is 4.32. The summed E-state index contributed by atoms with van der Waals surface area (Å²) < 4.78 is 31.4. The molecule has 1 atom stereocenters. The Morgan fingerprint density at radius 3 is 2.34 bits per heavy atom. The number of aryl methyl sites for hydroxylation is 1. The molecular weight excluding hydrogens is 424 g/mol. The van der Waals surface area contributed by atoms with E-state index >= 15 is 0 Å². The molecule has 0 saturated heterocycles. The Balaban J connectivity index is 1.64. The Bertz CT molecular complexity index is 1190. The molecule has 0 saturated carbocycles. The number of rotatable bonds is 8. The van der Waals surface area contributed by atoms with E-state index in [1.807, 2.05) is 38.1 Å². The van der Waals surface area contributed by atoms with Gasteiger partial charge in [-0.3, -0.25) is 4.79 Å². The van der Waals surface area contributed by atoms with E-state index in [1.54, 1.807) is 42.5 Å². The summed E-state index contributed by atoms with van der Waals surface area (Å²) in [6.45, 7) is 4.31. The number of sulfonamides is 1. The topological polar surface area (TPSA) is 75.7 Å². The molecule has 0 fully saturated rings. The second-order valence-electron chi connectivity index (χ2n) is 7.86. The number of carbonyl (C=O) groups is 1. The van der Waals surface area contributed by atoms with Gasteiger partial charge >= 0.3 is 0 Å². The fraction of sp³-hybridized carbons (Fsp3) is 0.240. The van der Waals surface area contributed by atoms with Gasteiger partial charge in [0.1, 0.15) is 12.4 Å². The Hall–Kier alpha value is -3.16. The lowest BCUT2D eigenvalue weighted by Crippen LogP contribution is -2.27. The fourth-order valence-corrected chi connectivity index (χ4v) is 4.10. The predicted molar refractivity (Wildman–Crippen MR) is 125 cm³/mol. The molecule has 32 heavy (non-hydrogen) atoms. The minimum Gasteiger partial charge on any atom is -0.489 e. The lowest BCUT2D eigenvalue weighted by atomic mass is 10.1. The van der Waals surface area contributed by atoms with E-state index in [0.29, 0.717) is 17.9 Å². The van der Waals surface area contributed by atoms with Gasteiger partial charge in [0.2, 0.25) is 10.0 Å². The van der Waals surface area contributed by atoms with Crippen molar-refractivity contribution in [2.75, 3.05) is 14.1 Å². The summed E-state index contributed by atoms with van der Waals surface area (Å²) in [7, 11) is -0.504. The zero-order valence-electron chi connectivity index (χ0n) is 18.7. The highest BCUT2D eigenvalue weighted by Gasteiger charge is 2.18. The van der Waals surface area contributed by atoms with Crippen molar-refractivity contribution < 1.29 is 17.9 Å². The molecule has 0 radical (unpaired) electrons. The summed E-state index contributed by atoms with van der Waals surface area (Å²) >= 11 is 0. The maximum Gasteiger partial charge on any atom is 0.251 e. The first-order valence-electron chi connectivity index (χ1n) is 10.3. The molecule has 0 aromatic heterocycles. The standard InChI is InChI=1S/C25H28N2O4S/c1-18-7-5-8-20(15-18)17-31-23-10-6-9-22(16-23)25(28)26-19(2)21-11-13-24(14-12-21)32(29,30)27(3)4/h5-16,19H,17H2,1-4H3,(H,26,28). The van der Waals surface area contributed by atoms with Crippen molar-refractivity contribution in [1.29, 1.82) is 0 Å². The van der Waals surface area contributed by atoms with Gasteiger partial charge in [0, 0.05) is 19.7 Å². The molecule has 0 aliphatic heterocycles. The second kappa shape index (κ2) is 9.97. The first kappa shape index (κ1) is 23.5. The smallest absolute Gasteiger partial charge is 0.251 e. The number of amides is 1. The van der Waals surface area contributed by atoms with Crippen molar-refractivity contribution in [3.05, 3.63) is 95.1 Å². The SMILES string of the molecule is Cc1cccc(COc2cccc(C(=O)NC(C)c3ccc(S(=O)(=O)N(C)C)cc3)c2)c1. The van der Waals surface area contributed by atoms with Gasteiger partial charge in [-0.05, 0) is 55.3 Å². The average molecular weight is 453 g/mol. The van der Waals surface area contributed by atoms with Gasteiger partial charge in [-0.2, -0.15) is 0 Å². The minimum atomic E-state index is -3.49. The van der Waals surface area contributed by atoms with Crippen molar-refractivity contribution in [3.8, 4) is 5.75 Å². The number of nitrogens with zero attached hydrogens (tertiary/aromatic N) is 1. The Kier molecular flexibility index (Phi) is 7.33. The molecule has 0 bridgehead atoms. The van der Waals surface area contributed by atoms with E-state index in [-0.39, 0.29) is 16.8 Å². The van der Waals surface area contributed by atoms with Gasteiger partial charge in [-0.25, -0.2) is 12.7 Å². The summed E-state index contributed by atoms with van der Waals surface area (Å²) in [4.78, 5) is 13.0. The third kappa shape index (κ3) is 5.75. The molecule has 3 rings (SSSR count). The van der Waals surface area contributed by atoms with Crippen LogP contribution in [0.3, 0.4) is 0 Å². The molecule has 7 heteroatoms. The van der Waals surface area contributed by atoms with Crippen LogP contribution in [0, 0.1) is 6.92 Å². The largest absolute Gasteiger partial charge is 0.489 e. The van der Waals surface area contributed by atoms with Crippen LogP contribution < -0.4 is 10.1 Å². The first-order chi connectivity index (χ1) is 15.2. The fourth-order valence-electron chi connectivity index (χ4n) is 3.20. The summed E-state index contributed by atoms with van der Waals surface area (Å²) in [5.41, 5.74) is 3.53. The van der Waals surface area contributed by atoms with E-state index in [2.05, 4.69) is 11.4 Å². The van der Waals surface area contributed by atoms with Gasteiger partial charge in [-0.15, -0.1) is 0 Å². The normalized spacial score (nSPS) is 12.4. The van der Waals surface area contributed by atoms with E-state index in [4.69, 9.17) is 4.74 Å². The highest BCUT2D eigenvalue weighted by atomic mass is 32.2. The number of nitrogens with one attached hydrogen (secondary N) is 1. The molecule has 1 amide bonds. The first-order valence-corrected chi connectivity index (χ1v) is 11.7. The molecule has 0 aliphatic carbocycles. The number of hydrogen-bond donors (Lipinski definition) is 1. The second-order valence-corrected chi connectivity index (χ2v) is 10.0. The Morgan fingerprint density at radius 1 is 1.00 bits per heavy atom. The van der Waals surface area contributed by atoms with Crippen LogP contribution in [0.25, 0.3) is 0 Å². The molecule has 0 spiro atoms. The van der Waals surface area contributed by atoms with Crippen molar-refractivity contribution in [2.45, 2.75) is 31.4 Å².